The number of aromatic nitrogens is 1. The lowest BCUT2D eigenvalue weighted by Gasteiger charge is -2.52. The summed E-state index contributed by atoms with van der Waals surface area (Å²) in [6.45, 7) is 4.43. The van der Waals surface area contributed by atoms with E-state index in [2.05, 4.69) is 10.3 Å². The number of amides is 1. The topological polar surface area (TPSA) is 42.0 Å². The zero-order chi connectivity index (χ0) is 17.6. The standard InChI is InChI=1S/C17H23F3N2OS/c1-11-13(24-12(2)22-11)3-10-21-14(23)15-4-7-16(8-5-15,9-6-15)17(18,19)20/h3-10H2,1-2H3,(H,21,23). The average molecular weight is 360 g/mol. The van der Waals surface area contributed by atoms with Crippen molar-refractivity contribution < 1.29 is 18.0 Å². The Balaban J connectivity index is 1.56. The number of aryl methyl sites for hydroxylation is 2. The summed E-state index contributed by atoms with van der Waals surface area (Å²) in [6, 6.07) is 0. The maximum Gasteiger partial charge on any atom is 0.394 e. The lowest BCUT2D eigenvalue weighted by Crippen LogP contribution is -2.54. The number of carbonyl (C=O) groups is 1. The molecule has 0 saturated heterocycles. The van der Waals surface area contributed by atoms with Crippen molar-refractivity contribution in [1.82, 2.24) is 10.3 Å². The number of rotatable bonds is 4. The molecule has 1 N–H and O–H groups in total. The summed E-state index contributed by atoms with van der Waals surface area (Å²) in [5.74, 6) is -0.0585. The van der Waals surface area contributed by atoms with Crippen LogP contribution < -0.4 is 5.32 Å². The number of hydrogen-bond donors (Lipinski definition) is 1. The molecular formula is C17H23F3N2OS. The second-order valence-electron chi connectivity index (χ2n) is 7.31. The Labute approximate surface area is 144 Å². The largest absolute Gasteiger partial charge is 0.394 e. The minimum absolute atomic E-state index is 0.0585. The number of carbonyl (C=O) groups excluding carboxylic acids is 1. The van der Waals surface area contributed by atoms with Crippen molar-refractivity contribution in [2.45, 2.75) is 65.0 Å². The normalized spacial score (nSPS) is 29.7. The van der Waals surface area contributed by atoms with Gasteiger partial charge in [-0.2, -0.15) is 13.2 Å². The molecule has 134 valence electrons. The number of halogens is 3. The molecule has 0 aromatic carbocycles. The summed E-state index contributed by atoms with van der Waals surface area (Å²) >= 11 is 1.63. The van der Waals surface area contributed by atoms with Gasteiger partial charge in [-0.05, 0) is 52.4 Å². The van der Waals surface area contributed by atoms with E-state index in [-0.39, 0.29) is 25.2 Å². The van der Waals surface area contributed by atoms with Crippen molar-refractivity contribution in [3.8, 4) is 0 Å². The van der Waals surface area contributed by atoms with E-state index in [1.54, 1.807) is 11.3 Å². The van der Waals surface area contributed by atoms with E-state index in [0.29, 0.717) is 25.8 Å². The molecule has 0 aliphatic heterocycles. The van der Waals surface area contributed by atoms with E-state index in [1.165, 1.54) is 0 Å². The van der Waals surface area contributed by atoms with Crippen LogP contribution in [0.1, 0.15) is 54.1 Å². The number of nitrogens with one attached hydrogen (secondary N) is 1. The van der Waals surface area contributed by atoms with Crippen molar-refractivity contribution in [1.29, 1.82) is 0 Å². The Bertz CT molecular complexity index is 614. The van der Waals surface area contributed by atoms with Crippen LogP contribution >= 0.6 is 11.3 Å². The van der Waals surface area contributed by atoms with Gasteiger partial charge in [0.25, 0.3) is 0 Å². The fraction of sp³-hybridized carbons (Fsp3) is 0.765. The molecule has 2 bridgehead atoms. The van der Waals surface area contributed by atoms with E-state index >= 15 is 0 Å². The van der Waals surface area contributed by atoms with Crippen molar-refractivity contribution in [2.75, 3.05) is 6.54 Å². The average Bonchev–Trinajstić information content (AvgIpc) is 2.86. The molecule has 3 saturated carbocycles. The van der Waals surface area contributed by atoms with Crippen LogP contribution in [-0.2, 0) is 11.2 Å². The summed E-state index contributed by atoms with van der Waals surface area (Å²) in [5.41, 5.74) is -1.12. The highest BCUT2D eigenvalue weighted by atomic mass is 32.1. The number of alkyl halides is 3. The van der Waals surface area contributed by atoms with Gasteiger partial charge in [-0.1, -0.05) is 0 Å². The summed E-state index contributed by atoms with van der Waals surface area (Å²) in [7, 11) is 0. The van der Waals surface area contributed by atoms with Crippen LogP contribution in [0.2, 0.25) is 0 Å². The monoisotopic (exact) mass is 360 g/mol. The summed E-state index contributed by atoms with van der Waals surface area (Å²) in [6.07, 6.45) is -2.06. The molecule has 3 nitrogen and oxygen atoms in total. The maximum atomic E-state index is 13.3. The van der Waals surface area contributed by atoms with Gasteiger partial charge in [0.15, 0.2) is 0 Å². The highest BCUT2D eigenvalue weighted by Crippen LogP contribution is 2.62. The van der Waals surface area contributed by atoms with Crippen molar-refractivity contribution >= 4 is 17.2 Å². The minimum Gasteiger partial charge on any atom is -0.355 e. The quantitative estimate of drug-likeness (QED) is 0.869. The van der Waals surface area contributed by atoms with Crippen LogP contribution in [0.5, 0.6) is 0 Å². The van der Waals surface area contributed by atoms with Gasteiger partial charge in [-0.15, -0.1) is 11.3 Å². The molecule has 3 fully saturated rings. The third-order valence-electron chi connectivity index (χ3n) is 5.97. The molecule has 0 atom stereocenters. The third kappa shape index (κ3) is 2.95. The van der Waals surface area contributed by atoms with Crippen LogP contribution in [-0.4, -0.2) is 23.6 Å². The maximum absolute atomic E-state index is 13.3. The molecule has 1 aromatic heterocycles. The smallest absolute Gasteiger partial charge is 0.355 e. The molecular weight excluding hydrogens is 337 g/mol. The summed E-state index contributed by atoms with van der Waals surface area (Å²) < 4.78 is 39.8. The van der Waals surface area contributed by atoms with E-state index in [1.807, 2.05) is 13.8 Å². The van der Waals surface area contributed by atoms with Gasteiger partial charge in [0.05, 0.1) is 16.1 Å². The number of nitrogens with zero attached hydrogens (tertiary/aromatic N) is 1. The van der Waals surface area contributed by atoms with E-state index in [9.17, 15) is 18.0 Å². The summed E-state index contributed by atoms with van der Waals surface area (Å²) in [4.78, 5) is 18.1. The molecule has 1 aromatic rings. The Hall–Kier alpha value is -1.11. The van der Waals surface area contributed by atoms with E-state index < -0.39 is 17.0 Å². The molecule has 0 unspecified atom stereocenters. The number of hydrogen-bond acceptors (Lipinski definition) is 3. The van der Waals surface area contributed by atoms with Crippen LogP contribution in [0.25, 0.3) is 0 Å². The lowest BCUT2D eigenvalue weighted by molar-refractivity contribution is -0.258. The zero-order valence-electron chi connectivity index (χ0n) is 14.1. The van der Waals surface area contributed by atoms with Crippen LogP contribution in [0, 0.1) is 24.7 Å². The van der Waals surface area contributed by atoms with Crippen LogP contribution in [0.3, 0.4) is 0 Å². The SMILES string of the molecule is Cc1nc(C)c(CCNC(=O)C23CCC(C(F)(F)F)(CC2)CC3)s1. The first-order chi connectivity index (χ1) is 11.2. The second kappa shape index (κ2) is 6.00. The fourth-order valence-electron chi connectivity index (χ4n) is 4.23. The highest BCUT2D eigenvalue weighted by molar-refractivity contribution is 7.11. The highest BCUT2D eigenvalue weighted by Gasteiger charge is 2.62. The van der Waals surface area contributed by atoms with Gasteiger partial charge < -0.3 is 5.32 Å². The molecule has 3 aliphatic rings. The van der Waals surface area contributed by atoms with E-state index in [4.69, 9.17) is 0 Å². The number of thiazole rings is 1. The molecule has 1 amide bonds. The van der Waals surface area contributed by atoms with Crippen LogP contribution in [0.15, 0.2) is 0 Å². The van der Waals surface area contributed by atoms with Gasteiger partial charge >= 0.3 is 6.18 Å². The zero-order valence-corrected chi connectivity index (χ0v) is 14.9. The molecule has 1 heterocycles. The predicted molar refractivity (Wildman–Crippen MR) is 86.9 cm³/mol. The van der Waals surface area contributed by atoms with Gasteiger partial charge in [0, 0.05) is 23.3 Å². The van der Waals surface area contributed by atoms with Gasteiger partial charge in [-0.3, -0.25) is 4.79 Å². The Morgan fingerprint density at radius 2 is 1.75 bits per heavy atom. The molecule has 7 heteroatoms. The van der Waals surface area contributed by atoms with Crippen molar-refractivity contribution in [2.24, 2.45) is 10.8 Å². The number of fused-ring (bicyclic) bond motifs is 3. The van der Waals surface area contributed by atoms with Crippen molar-refractivity contribution in [3.63, 3.8) is 0 Å². The second-order valence-corrected chi connectivity index (χ2v) is 8.59. The first-order valence-electron chi connectivity index (χ1n) is 8.45. The fourth-order valence-corrected chi connectivity index (χ4v) is 5.17. The molecule has 0 radical (unpaired) electrons. The molecule has 3 aliphatic carbocycles. The van der Waals surface area contributed by atoms with E-state index in [0.717, 1.165) is 22.0 Å². The Morgan fingerprint density at radius 1 is 1.17 bits per heavy atom. The molecule has 4 rings (SSSR count). The first kappa shape index (κ1) is 17.7. The van der Waals surface area contributed by atoms with Gasteiger partial charge in [0.2, 0.25) is 5.91 Å². The Kier molecular flexibility index (Phi) is 4.43. The third-order valence-corrected chi connectivity index (χ3v) is 7.10. The van der Waals surface area contributed by atoms with Gasteiger partial charge in [-0.25, -0.2) is 4.98 Å². The van der Waals surface area contributed by atoms with Crippen molar-refractivity contribution in [3.05, 3.63) is 15.6 Å². The molecule has 24 heavy (non-hydrogen) atoms. The summed E-state index contributed by atoms with van der Waals surface area (Å²) in [5, 5.41) is 3.97. The van der Waals surface area contributed by atoms with Gasteiger partial charge in [0.1, 0.15) is 0 Å². The lowest BCUT2D eigenvalue weighted by atomic mass is 9.53. The Morgan fingerprint density at radius 3 is 2.21 bits per heavy atom. The predicted octanol–water partition coefficient (Wildman–Crippen LogP) is 4.32. The molecule has 0 spiro atoms. The first-order valence-corrected chi connectivity index (χ1v) is 9.27. The minimum atomic E-state index is -4.14. The van der Waals surface area contributed by atoms with Crippen LogP contribution in [0.4, 0.5) is 13.2 Å².